The third kappa shape index (κ3) is 6.25. The van der Waals surface area contributed by atoms with Gasteiger partial charge in [-0.2, -0.15) is 5.26 Å². The fraction of sp³-hybridized carbons (Fsp3) is 0.179. The lowest BCUT2D eigenvalue weighted by Crippen LogP contribution is -2.31. The van der Waals surface area contributed by atoms with E-state index in [1.54, 1.807) is 31.2 Å². The van der Waals surface area contributed by atoms with Crippen LogP contribution in [-0.2, 0) is 16.0 Å². The molecule has 0 fully saturated rings. The van der Waals surface area contributed by atoms with Gasteiger partial charge in [0.25, 0.3) is 5.91 Å². The number of nitrogens with one attached hydrogen (secondary N) is 3. The minimum Gasteiger partial charge on any atom is -0.468 e. The second-order valence-corrected chi connectivity index (χ2v) is 10.3. The number of thioether (sulfide) groups is 1. The fourth-order valence-corrected chi connectivity index (χ4v) is 5.35. The summed E-state index contributed by atoms with van der Waals surface area (Å²) in [6, 6.07) is 18.0. The van der Waals surface area contributed by atoms with Crippen molar-refractivity contribution in [3.8, 4) is 6.07 Å². The summed E-state index contributed by atoms with van der Waals surface area (Å²) in [6.45, 7) is 3.80. The topological polar surface area (TPSA) is 107 Å². The van der Waals surface area contributed by atoms with Crippen LogP contribution >= 0.6 is 35.0 Å². The highest BCUT2D eigenvalue weighted by Crippen LogP contribution is 2.41. The van der Waals surface area contributed by atoms with Crippen molar-refractivity contribution in [1.29, 1.82) is 5.26 Å². The molecule has 2 amide bonds. The van der Waals surface area contributed by atoms with Crippen LogP contribution in [0.15, 0.2) is 87.1 Å². The maximum absolute atomic E-state index is 13.5. The summed E-state index contributed by atoms with van der Waals surface area (Å²) >= 11 is 13.4. The van der Waals surface area contributed by atoms with Gasteiger partial charge in [0.05, 0.1) is 50.9 Å². The van der Waals surface area contributed by atoms with E-state index in [0.717, 1.165) is 6.42 Å². The smallest absolute Gasteiger partial charge is 0.254 e. The molecule has 1 aromatic heterocycles. The Labute approximate surface area is 234 Å². The fourth-order valence-electron chi connectivity index (χ4n) is 4.01. The molecule has 0 radical (unpaired) electrons. The zero-order valence-electron chi connectivity index (χ0n) is 20.6. The highest BCUT2D eigenvalue weighted by molar-refractivity contribution is 8.03. The number of halogens is 2. The molecule has 3 aromatic rings. The maximum atomic E-state index is 13.5. The molecule has 0 saturated heterocycles. The molecule has 2 heterocycles. The van der Waals surface area contributed by atoms with E-state index >= 15 is 0 Å². The molecule has 1 aliphatic heterocycles. The lowest BCUT2D eigenvalue weighted by Gasteiger charge is -2.28. The average molecular weight is 567 g/mol. The Morgan fingerprint density at radius 1 is 1.13 bits per heavy atom. The van der Waals surface area contributed by atoms with Crippen molar-refractivity contribution in [1.82, 2.24) is 5.32 Å². The van der Waals surface area contributed by atoms with Crippen LogP contribution in [0.3, 0.4) is 0 Å². The summed E-state index contributed by atoms with van der Waals surface area (Å²) in [5, 5.41) is 20.2. The third-order valence-electron chi connectivity index (χ3n) is 5.89. The summed E-state index contributed by atoms with van der Waals surface area (Å²) in [6.07, 6.45) is 2.40. The Balaban J connectivity index is 1.56. The highest BCUT2D eigenvalue weighted by Gasteiger charge is 2.36. The van der Waals surface area contributed by atoms with Crippen molar-refractivity contribution in [2.24, 2.45) is 0 Å². The van der Waals surface area contributed by atoms with Gasteiger partial charge >= 0.3 is 0 Å². The molecule has 1 atom stereocenters. The Hall–Kier alpha value is -3.64. The number of amides is 2. The minimum atomic E-state index is -0.783. The van der Waals surface area contributed by atoms with E-state index in [-0.39, 0.29) is 22.3 Å². The van der Waals surface area contributed by atoms with Crippen molar-refractivity contribution in [3.63, 3.8) is 0 Å². The molecular weight excluding hydrogens is 543 g/mol. The molecule has 7 nitrogen and oxygen atoms in total. The summed E-state index contributed by atoms with van der Waals surface area (Å²) in [4.78, 5) is 26.1. The SMILES string of the molecule is CCc1ccc(NC(=O)CSC2=C(C#N)C(c3ccco3)C(C(=O)Nc3ccc(Cl)cc3Cl)=C(C)N2)cc1. The van der Waals surface area contributed by atoms with Crippen LogP contribution in [-0.4, -0.2) is 17.6 Å². The van der Waals surface area contributed by atoms with Gasteiger partial charge in [0, 0.05) is 16.4 Å². The number of carbonyl (C=O) groups is 2. The summed E-state index contributed by atoms with van der Waals surface area (Å²) < 4.78 is 5.64. The zero-order valence-corrected chi connectivity index (χ0v) is 22.9. The number of furan rings is 1. The largest absolute Gasteiger partial charge is 0.468 e. The van der Waals surface area contributed by atoms with Gasteiger partial charge in [-0.3, -0.25) is 9.59 Å². The second kappa shape index (κ2) is 12.3. The van der Waals surface area contributed by atoms with E-state index in [1.807, 2.05) is 24.3 Å². The minimum absolute atomic E-state index is 0.0586. The van der Waals surface area contributed by atoms with Gasteiger partial charge in [0.2, 0.25) is 5.91 Å². The zero-order chi connectivity index (χ0) is 27.2. The molecule has 10 heteroatoms. The van der Waals surface area contributed by atoms with Gasteiger partial charge in [0.1, 0.15) is 5.76 Å². The molecule has 0 saturated carbocycles. The molecule has 0 aliphatic carbocycles. The predicted molar refractivity (Wildman–Crippen MR) is 152 cm³/mol. The molecule has 2 aromatic carbocycles. The van der Waals surface area contributed by atoms with E-state index in [1.165, 1.54) is 29.7 Å². The molecule has 1 unspecified atom stereocenters. The van der Waals surface area contributed by atoms with Gasteiger partial charge in [-0.1, -0.05) is 54.0 Å². The Morgan fingerprint density at radius 3 is 2.53 bits per heavy atom. The van der Waals surface area contributed by atoms with E-state index in [0.29, 0.717) is 38.5 Å². The first-order chi connectivity index (χ1) is 18.3. The van der Waals surface area contributed by atoms with Crippen molar-refractivity contribution < 1.29 is 14.0 Å². The monoisotopic (exact) mass is 566 g/mol. The molecule has 3 N–H and O–H groups in total. The number of nitrogens with zero attached hydrogens (tertiary/aromatic N) is 1. The van der Waals surface area contributed by atoms with Crippen molar-refractivity contribution in [2.45, 2.75) is 26.2 Å². The standard InChI is InChI=1S/C28H24Cl2N4O3S/c1-3-17-6-9-19(10-7-17)33-24(35)15-38-28-20(14-31)26(23-5-4-12-37-23)25(16(2)32-28)27(36)34-22-11-8-18(29)13-21(22)30/h4-13,26,32H,3,15H2,1-2H3,(H,33,35)(H,34,36). The van der Waals surface area contributed by atoms with Crippen LogP contribution in [0.25, 0.3) is 0 Å². The van der Waals surface area contributed by atoms with Crippen LogP contribution in [0.1, 0.15) is 31.1 Å². The molecule has 0 bridgehead atoms. The predicted octanol–water partition coefficient (Wildman–Crippen LogP) is 6.86. The Bertz CT molecular complexity index is 1460. The number of benzene rings is 2. The van der Waals surface area contributed by atoms with Gasteiger partial charge in [-0.05, 0) is 61.4 Å². The van der Waals surface area contributed by atoms with E-state index in [9.17, 15) is 14.9 Å². The number of rotatable bonds is 8. The lowest BCUT2D eigenvalue weighted by molar-refractivity contribution is -0.114. The van der Waals surface area contributed by atoms with Crippen LogP contribution in [0, 0.1) is 11.3 Å². The molecule has 38 heavy (non-hydrogen) atoms. The third-order valence-corrected chi connectivity index (χ3v) is 7.46. The number of nitriles is 1. The molecule has 1 aliphatic rings. The normalized spacial score (nSPS) is 15.1. The quantitative estimate of drug-likeness (QED) is 0.275. The average Bonchev–Trinajstić information content (AvgIpc) is 3.43. The number of allylic oxidation sites excluding steroid dienone is 2. The maximum Gasteiger partial charge on any atom is 0.254 e. The number of dihydropyridines is 1. The van der Waals surface area contributed by atoms with E-state index < -0.39 is 11.8 Å². The molecule has 194 valence electrons. The lowest BCUT2D eigenvalue weighted by atomic mass is 9.85. The Morgan fingerprint density at radius 2 is 1.89 bits per heavy atom. The second-order valence-electron chi connectivity index (χ2n) is 8.43. The first-order valence-electron chi connectivity index (χ1n) is 11.7. The van der Waals surface area contributed by atoms with Crippen molar-refractivity contribution in [3.05, 3.63) is 104 Å². The number of hydrogen-bond donors (Lipinski definition) is 3. The first kappa shape index (κ1) is 27.4. The summed E-state index contributed by atoms with van der Waals surface area (Å²) in [5.74, 6) is -0.972. The van der Waals surface area contributed by atoms with Gasteiger partial charge in [-0.15, -0.1) is 0 Å². The van der Waals surface area contributed by atoms with E-state index in [4.69, 9.17) is 27.6 Å². The van der Waals surface area contributed by atoms with Crippen LogP contribution in [0.2, 0.25) is 10.0 Å². The molecule has 4 rings (SSSR count). The number of hydrogen-bond acceptors (Lipinski definition) is 6. The Kier molecular flexibility index (Phi) is 8.85. The molecular formula is C28H24Cl2N4O3S. The van der Waals surface area contributed by atoms with Crippen LogP contribution in [0.4, 0.5) is 11.4 Å². The highest BCUT2D eigenvalue weighted by atomic mass is 35.5. The van der Waals surface area contributed by atoms with E-state index in [2.05, 4.69) is 28.9 Å². The van der Waals surface area contributed by atoms with Crippen LogP contribution in [0.5, 0.6) is 0 Å². The van der Waals surface area contributed by atoms with Gasteiger partial charge in [-0.25, -0.2) is 0 Å². The number of aryl methyl sites for hydroxylation is 1. The molecule has 0 spiro atoms. The summed E-state index contributed by atoms with van der Waals surface area (Å²) in [7, 11) is 0. The van der Waals surface area contributed by atoms with Crippen molar-refractivity contribution >= 4 is 58.2 Å². The number of anilines is 2. The van der Waals surface area contributed by atoms with Gasteiger partial charge < -0.3 is 20.4 Å². The first-order valence-corrected chi connectivity index (χ1v) is 13.5. The van der Waals surface area contributed by atoms with Crippen LogP contribution < -0.4 is 16.0 Å². The van der Waals surface area contributed by atoms with Gasteiger partial charge in [0.15, 0.2) is 0 Å². The summed E-state index contributed by atoms with van der Waals surface area (Å²) in [5.41, 5.74) is 3.34. The van der Waals surface area contributed by atoms with Crippen molar-refractivity contribution in [2.75, 3.05) is 16.4 Å². The number of carbonyl (C=O) groups excluding carboxylic acids is 2.